The van der Waals surface area contributed by atoms with Gasteiger partial charge in [-0.3, -0.25) is 0 Å². The van der Waals surface area contributed by atoms with Crippen molar-refractivity contribution in [2.75, 3.05) is 19.8 Å². The van der Waals surface area contributed by atoms with Crippen molar-refractivity contribution in [1.29, 1.82) is 0 Å². The molecule has 0 aliphatic heterocycles. The van der Waals surface area contributed by atoms with E-state index in [9.17, 15) is 0 Å². The number of benzene rings is 2. The minimum atomic E-state index is 0.543. The monoisotopic (exact) mass is 299 g/mol. The Hall–Kier alpha value is -2.00. The zero-order valence-corrected chi connectivity index (χ0v) is 13.3. The molecule has 0 aromatic heterocycles. The van der Waals surface area contributed by atoms with Gasteiger partial charge in [-0.25, -0.2) is 0 Å². The molecule has 2 aromatic carbocycles. The Balaban J connectivity index is 1.74. The van der Waals surface area contributed by atoms with E-state index >= 15 is 0 Å². The minimum absolute atomic E-state index is 0.543. The highest BCUT2D eigenvalue weighted by atomic mass is 16.5. The van der Waals surface area contributed by atoms with E-state index < -0.39 is 0 Å². The smallest absolute Gasteiger partial charge is 0.123 e. The second-order valence-electron chi connectivity index (χ2n) is 5.15. The van der Waals surface area contributed by atoms with Crippen molar-refractivity contribution >= 4 is 0 Å². The van der Waals surface area contributed by atoms with Crippen molar-refractivity contribution in [3.63, 3.8) is 0 Å². The van der Waals surface area contributed by atoms with Crippen LogP contribution in [0.3, 0.4) is 0 Å². The van der Waals surface area contributed by atoms with Crippen LogP contribution in [-0.2, 0) is 6.54 Å². The lowest BCUT2D eigenvalue weighted by molar-refractivity contribution is 0.215. The fourth-order valence-electron chi connectivity index (χ4n) is 2.14. The van der Waals surface area contributed by atoms with E-state index in [1.165, 1.54) is 18.4 Å². The molecule has 2 rings (SSSR count). The second-order valence-corrected chi connectivity index (χ2v) is 5.15. The van der Waals surface area contributed by atoms with Gasteiger partial charge < -0.3 is 14.8 Å². The molecule has 0 aliphatic carbocycles. The topological polar surface area (TPSA) is 30.5 Å². The van der Waals surface area contributed by atoms with Gasteiger partial charge in [0.2, 0.25) is 0 Å². The molecule has 0 bridgehead atoms. The van der Waals surface area contributed by atoms with Crippen molar-refractivity contribution < 1.29 is 9.47 Å². The molecule has 0 aliphatic rings. The molecule has 0 fully saturated rings. The highest BCUT2D eigenvalue weighted by Crippen LogP contribution is 2.17. The van der Waals surface area contributed by atoms with E-state index in [-0.39, 0.29) is 0 Å². The molecule has 3 heteroatoms. The van der Waals surface area contributed by atoms with Gasteiger partial charge in [0.05, 0.1) is 0 Å². The van der Waals surface area contributed by atoms with Gasteiger partial charge in [-0.1, -0.05) is 49.7 Å². The summed E-state index contributed by atoms with van der Waals surface area (Å²) in [5.41, 5.74) is 1.19. The molecule has 3 nitrogen and oxygen atoms in total. The summed E-state index contributed by atoms with van der Waals surface area (Å²) in [6, 6.07) is 18.0. The van der Waals surface area contributed by atoms with E-state index in [0.29, 0.717) is 13.2 Å². The molecule has 1 N–H and O–H groups in total. The molecule has 118 valence electrons. The summed E-state index contributed by atoms with van der Waals surface area (Å²) in [5.74, 6) is 1.81. The number of hydrogen-bond acceptors (Lipinski definition) is 3. The van der Waals surface area contributed by atoms with E-state index in [0.717, 1.165) is 24.6 Å². The lowest BCUT2D eigenvalue weighted by atomic mass is 10.2. The summed E-state index contributed by atoms with van der Waals surface area (Å²) < 4.78 is 11.5. The van der Waals surface area contributed by atoms with Gasteiger partial charge in [-0.15, -0.1) is 0 Å². The largest absolute Gasteiger partial charge is 0.490 e. The summed E-state index contributed by atoms with van der Waals surface area (Å²) in [4.78, 5) is 0. The third kappa shape index (κ3) is 5.78. The maximum absolute atomic E-state index is 5.85. The first-order chi connectivity index (χ1) is 10.9. The molecular weight excluding hydrogens is 274 g/mol. The van der Waals surface area contributed by atoms with Crippen LogP contribution in [0.25, 0.3) is 0 Å². The van der Waals surface area contributed by atoms with Crippen LogP contribution in [0.15, 0.2) is 54.6 Å². The Morgan fingerprint density at radius 3 is 2.41 bits per heavy atom. The van der Waals surface area contributed by atoms with Crippen LogP contribution in [-0.4, -0.2) is 19.8 Å². The van der Waals surface area contributed by atoms with Gasteiger partial charge in [0.15, 0.2) is 0 Å². The van der Waals surface area contributed by atoms with Crippen molar-refractivity contribution in [3.8, 4) is 11.5 Å². The SMILES string of the molecule is CCCCNCc1ccccc1OCCOc1ccccc1. The third-order valence-electron chi connectivity index (χ3n) is 3.35. The summed E-state index contributed by atoms with van der Waals surface area (Å²) >= 11 is 0. The molecule has 2 aromatic rings. The highest BCUT2D eigenvalue weighted by Gasteiger charge is 2.02. The van der Waals surface area contributed by atoms with Crippen LogP contribution in [0.4, 0.5) is 0 Å². The van der Waals surface area contributed by atoms with Gasteiger partial charge in [-0.05, 0) is 31.2 Å². The predicted molar refractivity (Wildman–Crippen MR) is 90.5 cm³/mol. The van der Waals surface area contributed by atoms with Crippen LogP contribution in [0.2, 0.25) is 0 Å². The van der Waals surface area contributed by atoms with Crippen molar-refractivity contribution in [2.45, 2.75) is 26.3 Å². The average Bonchev–Trinajstić information content (AvgIpc) is 2.57. The molecule has 22 heavy (non-hydrogen) atoms. The number of hydrogen-bond donors (Lipinski definition) is 1. The van der Waals surface area contributed by atoms with Gasteiger partial charge in [0.25, 0.3) is 0 Å². The molecule has 0 atom stereocenters. The van der Waals surface area contributed by atoms with Crippen LogP contribution in [0.1, 0.15) is 25.3 Å². The van der Waals surface area contributed by atoms with E-state index in [1.807, 2.05) is 48.5 Å². The average molecular weight is 299 g/mol. The summed E-state index contributed by atoms with van der Waals surface area (Å²) in [6.45, 7) is 5.17. The maximum atomic E-state index is 5.85. The van der Waals surface area contributed by atoms with Crippen LogP contribution in [0.5, 0.6) is 11.5 Å². The van der Waals surface area contributed by atoms with Crippen molar-refractivity contribution in [1.82, 2.24) is 5.32 Å². The predicted octanol–water partition coefficient (Wildman–Crippen LogP) is 4.03. The van der Waals surface area contributed by atoms with Crippen molar-refractivity contribution in [3.05, 3.63) is 60.2 Å². The Morgan fingerprint density at radius 2 is 1.59 bits per heavy atom. The fourth-order valence-corrected chi connectivity index (χ4v) is 2.14. The molecule has 0 unspecified atom stereocenters. The van der Waals surface area contributed by atoms with Crippen molar-refractivity contribution in [2.24, 2.45) is 0 Å². The number of unbranched alkanes of at least 4 members (excludes halogenated alkanes) is 1. The molecule has 0 heterocycles. The Bertz CT molecular complexity index is 528. The van der Waals surface area contributed by atoms with E-state index in [1.54, 1.807) is 0 Å². The first-order valence-corrected chi connectivity index (χ1v) is 7.99. The molecule has 0 saturated carbocycles. The third-order valence-corrected chi connectivity index (χ3v) is 3.35. The molecular formula is C19H25NO2. The first-order valence-electron chi connectivity index (χ1n) is 7.99. The molecule has 0 radical (unpaired) electrons. The second kappa shape index (κ2) is 9.85. The van der Waals surface area contributed by atoms with Crippen LogP contribution >= 0.6 is 0 Å². The standard InChI is InChI=1S/C19H25NO2/c1-2-3-13-20-16-17-9-7-8-12-19(17)22-15-14-21-18-10-5-4-6-11-18/h4-12,20H,2-3,13-16H2,1H3. The highest BCUT2D eigenvalue weighted by molar-refractivity contribution is 5.33. The van der Waals surface area contributed by atoms with Gasteiger partial charge in [-0.2, -0.15) is 0 Å². The van der Waals surface area contributed by atoms with Crippen LogP contribution in [0, 0.1) is 0 Å². The molecule has 0 amide bonds. The van der Waals surface area contributed by atoms with Crippen LogP contribution < -0.4 is 14.8 Å². The number of para-hydroxylation sites is 2. The van der Waals surface area contributed by atoms with E-state index in [4.69, 9.17) is 9.47 Å². The number of ether oxygens (including phenoxy) is 2. The summed E-state index contributed by atoms with van der Waals surface area (Å²) in [6.07, 6.45) is 2.41. The fraction of sp³-hybridized carbons (Fsp3) is 0.368. The summed E-state index contributed by atoms with van der Waals surface area (Å²) in [7, 11) is 0. The number of nitrogens with one attached hydrogen (secondary N) is 1. The zero-order valence-electron chi connectivity index (χ0n) is 13.3. The lowest BCUT2D eigenvalue weighted by Crippen LogP contribution is -2.16. The Morgan fingerprint density at radius 1 is 0.864 bits per heavy atom. The normalized spacial score (nSPS) is 10.4. The zero-order chi connectivity index (χ0) is 15.5. The quantitative estimate of drug-likeness (QED) is 0.672. The number of rotatable bonds is 10. The lowest BCUT2D eigenvalue weighted by Gasteiger charge is -2.12. The maximum Gasteiger partial charge on any atom is 0.123 e. The van der Waals surface area contributed by atoms with Gasteiger partial charge >= 0.3 is 0 Å². The Kier molecular flexibility index (Phi) is 7.33. The first kappa shape index (κ1) is 16.4. The molecule has 0 saturated heterocycles. The van der Waals surface area contributed by atoms with E-state index in [2.05, 4.69) is 18.3 Å². The Labute approximate surface area is 133 Å². The minimum Gasteiger partial charge on any atom is -0.490 e. The van der Waals surface area contributed by atoms with Gasteiger partial charge in [0.1, 0.15) is 24.7 Å². The molecule has 0 spiro atoms. The summed E-state index contributed by atoms with van der Waals surface area (Å²) in [5, 5.41) is 3.45. The van der Waals surface area contributed by atoms with Gasteiger partial charge in [0, 0.05) is 12.1 Å².